The number of aromatic nitrogens is 1. The highest BCUT2D eigenvalue weighted by molar-refractivity contribution is 8.18. The standard InChI is InChI=1S/C30H21N3O4S/c34-29-28(38-30(35)32(29)19-23-9-3-5-11-26(23)33(36)37)16-24-18-31(27-12-6-4-10-25(24)27)17-20-13-14-21-7-1-2-8-22(21)15-20/h1-16,18H,17,19H2/b28-16-. The van der Waals surface area contributed by atoms with Crippen molar-refractivity contribution in [2.24, 2.45) is 0 Å². The Morgan fingerprint density at radius 3 is 2.42 bits per heavy atom. The zero-order chi connectivity index (χ0) is 26.2. The van der Waals surface area contributed by atoms with Gasteiger partial charge < -0.3 is 4.57 Å². The summed E-state index contributed by atoms with van der Waals surface area (Å²) in [6, 6.07) is 28.7. The molecule has 0 unspecified atom stereocenters. The highest BCUT2D eigenvalue weighted by Gasteiger charge is 2.36. The average Bonchev–Trinajstić information content (AvgIpc) is 3.40. The first-order valence-electron chi connectivity index (χ1n) is 12.0. The Morgan fingerprint density at radius 1 is 0.842 bits per heavy atom. The van der Waals surface area contributed by atoms with Crippen molar-refractivity contribution in [1.82, 2.24) is 9.47 Å². The van der Waals surface area contributed by atoms with Gasteiger partial charge in [0.25, 0.3) is 16.8 Å². The van der Waals surface area contributed by atoms with Crippen LogP contribution in [0.25, 0.3) is 27.8 Å². The molecule has 0 N–H and O–H groups in total. The van der Waals surface area contributed by atoms with Crippen LogP contribution in [0, 0.1) is 10.1 Å². The van der Waals surface area contributed by atoms with E-state index in [0.29, 0.717) is 17.0 Å². The van der Waals surface area contributed by atoms with Crippen molar-refractivity contribution in [2.45, 2.75) is 13.1 Å². The predicted octanol–water partition coefficient (Wildman–Crippen LogP) is 6.99. The van der Waals surface area contributed by atoms with Crippen LogP contribution < -0.4 is 0 Å². The molecule has 1 aliphatic rings. The van der Waals surface area contributed by atoms with Gasteiger partial charge in [0.1, 0.15) is 0 Å². The van der Waals surface area contributed by atoms with Gasteiger partial charge in [-0.25, -0.2) is 0 Å². The van der Waals surface area contributed by atoms with Crippen molar-refractivity contribution >= 4 is 56.3 Å². The lowest BCUT2D eigenvalue weighted by Crippen LogP contribution is -2.27. The normalized spacial score (nSPS) is 14.7. The molecule has 0 bridgehead atoms. The smallest absolute Gasteiger partial charge is 0.293 e. The maximum Gasteiger partial charge on any atom is 0.293 e. The van der Waals surface area contributed by atoms with Crippen molar-refractivity contribution < 1.29 is 14.5 Å². The number of benzene rings is 4. The molecule has 186 valence electrons. The summed E-state index contributed by atoms with van der Waals surface area (Å²) in [6.45, 7) is 0.501. The van der Waals surface area contributed by atoms with E-state index in [4.69, 9.17) is 0 Å². The third-order valence-corrected chi connectivity index (χ3v) is 7.57. The van der Waals surface area contributed by atoms with E-state index in [2.05, 4.69) is 34.9 Å². The lowest BCUT2D eigenvalue weighted by atomic mass is 10.1. The fourth-order valence-electron chi connectivity index (χ4n) is 4.83. The summed E-state index contributed by atoms with van der Waals surface area (Å²) in [4.78, 5) is 38.2. The molecule has 0 spiro atoms. The van der Waals surface area contributed by atoms with Gasteiger partial charge in [-0.15, -0.1) is 0 Å². The van der Waals surface area contributed by atoms with Gasteiger partial charge in [-0.1, -0.05) is 72.8 Å². The number of hydrogen-bond acceptors (Lipinski definition) is 5. The Kier molecular flexibility index (Phi) is 6.01. The van der Waals surface area contributed by atoms with Gasteiger partial charge in [0.2, 0.25) is 0 Å². The molecule has 1 fully saturated rings. The monoisotopic (exact) mass is 519 g/mol. The summed E-state index contributed by atoms with van der Waals surface area (Å²) < 4.78 is 2.14. The molecule has 1 aliphatic heterocycles. The Morgan fingerprint density at radius 2 is 1.58 bits per heavy atom. The van der Waals surface area contributed by atoms with Gasteiger partial charge in [0, 0.05) is 40.8 Å². The van der Waals surface area contributed by atoms with E-state index in [1.54, 1.807) is 24.3 Å². The second kappa shape index (κ2) is 9.64. The topological polar surface area (TPSA) is 85.5 Å². The molecule has 7 nitrogen and oxygen atoms in total. The number of thioether (sulfide) groups is 1. The van der Waals surface area contributed by atoms with Crippen molar-refractivity contribution in [2.75, 3.05) is 0 Å². The zero-order valence-corrected chi connectivity index (χ0v) is 20.9. The van der Waals surface area contributed by atoms with Gasteiger partial charge in [-0.3, -0.25) is 24.6 Å². The number of fused-ring (bicyclic) bond motifs is 2. The molecule has 2 amide bonds. The van der Waals surface area contributed by atoms with E-state index >= 15 is 0 Å². The molecule has 4 aromatic carbocycles. The van der Waals surface area contributed by atoms with E-state index in [-0.39, 0.29) is 12.2 Å². The second-order valence-corrected chi connectivity index (χ2v) is 10.1. The third kappa shape index (κ3) is 4.35. The van der Waals surface area contributed by atoms with Gasteiger partial charge in [0.05, 0.1) is 16.4 Å². The van der Waals surface area contributed by atoms with Crippen LogP contribution in [0.4, 0.5) is 10.5 Å². The molecule has 2 heterocycles. The highest BCUT2D eigenvalue weighted by Crippen LogP contribution is 2.36. The van der Waals surface area contributed by atoms with Gasteiger partial charge in [-0.2, -0.15) is 0 Å². The van der Waals surface area contributed by atoms with Crippen LogP contribution in [-0.2, 0) is 17.9 Å². The number of para-hydroxylation sites is 2. The fraction of sp³-hybridized carbons (Fsp3) is 0.0667. The van der Waals surface area contributed by atoms with Crippen LogP contribution in [0.2, 0.25) is 0 Å². The first kappa shape index (κ1) is 23.7. The number of carbonyl (C=O) groups is 2. The number of nitro benzene ring substituents is 1. The molecule has 0 saturated carbocycles. The van der Waals surface area contributed by atoms with Crippen LogP contribution in [0.15, 0.2) is 102 Å². The van der Waals surface area contributed by atoms with Crippen LogP contribution in [0.1, 0.15) is 16.7 Å². The van der Waals surface area contributed by atoms with Crippen LogP contribution in [0.3, 0.4) is 0 Å². The van der Waals surface area contributed by atoms with E-state index in [9.17, 15) is 19.7 Å². The average molecular weight is 520 g/mol. The van der Waals surface area contributed by atoms with Crippen LogP contribution in [0.5, 0.6) is 0 Å². The molecular formula is C30H21N3O4S. The summed E-state index contributed by atoms with van der Waals surface area (Å²) in [6.07, 6.45) is 3.74. The predicted molar refractivity (Wildman–Crippen MR) is 150 cm³/mol. The summed E-state index contributed by atoms with van der Waals surface area (Å²) in [5.41, 5.74) is 3.20. The number of nitro groups is 1. The SMILES string of the molecule is O=C1S/C(=C\c2cn(Cc3ccc4ccccc4c3)c3ccccc23)C(=O)N1Cc1ccccc1[N+](=O)[O-]. The minimum Gasteiger partial charge on any atom is -0.342 e. The Balaban J connectivity index is 1.32. The molecule has 1 aromatic heterocycles. The number of carbonyl (C=O) groups excluding carboxylic acids is 2. The fourth-order valence-corrected chi connectivity index (χ4v) is 5.65. The minimum atomic E-state index is -0.505. The molecule has 6 rings (SSSR count). The van der Waals surface area contributed by atoms with Crippen LogP contribution in [-0.4, -0.2) is 25.5 Å². The van der Waals surface area contributed by atoms with E-state index in [1.165, 1.54) is 16.8 Å². The maximum atomic E-state index is 13.2. The van der Waals surface area contributed by atoms with Crippen molar-refractivity contribution in [3.05, 3.63) is 129 Å². The van der Waals surface area contributed by atoms with Crippen molar-refractivity contribution in [3.8, 4) is 0 Å². The Labute approximate surface area is 222 Å². The second-order valence-electron chi connectivity index (χ2n) is 9.06. The lowest BCUT2D eigenvalue weighted by Gasteiger charge is -2.12. The largest absolute Gasteiger partial charge is 0.342 e. The number of nitrogens with zero attached hydrogens (tertiary/aromatic N) is 3. The first-order chi connectivity index (χ1) is 18.5. The van der Waals surface area contributed by atoms with Crippen LogP contribution >= 0.6 is 11.8 Å². The minimum absolute atomic E-state index is 0.118. The number of hydrogen-bond donors (Lipinski definition) is 0. The molecular weight excluding hydrogens is 498 g/mol. The van der Waals surface area contributed by atoms with Crippen molar-refractivity contribution in [1.29, 1.82) is 0 Å². The summed E-state index contributed by atoms with van der Waals surface area (Å²) in [7, 11) is 0. The molecule has 38 heavy (non-hydrogen) atoms. The van der Waals surface area contributed by atoms with Gasteiger partial charge in [0.15, 0.2) is 0 Å². The number of imide groups is 1. The molecule has 8 heteroatoms. The number of amides is 2. The van der Waals surface area contributed by atoms with Gasteiger partial charge >= 0.3 is 0 Å². The van der Waals surface area contributed by atoms with Gasteiger partial charge in [-0.05, 0) is 46.3 Å². The Bertz CT molecular complexity index is 1790. The zero-order valence-electron chi connectivity index (χ0n) is 20.1. The van der Waals surface area contributed by atoms with E-state index in [0.717, 1.165) is 38.7 Å². The molecule has 0 radical (unpaired) electrons. The molecule has 5 aromatic rings. The van der Waals surface area contributed by atoms with E-state index < -0.39 is 16.1 Å². The summed E-state index contributed by atoms with van der Waals surface area (Å²) in [5.74, 6) is -0.454. The third-order valence-electron chi connectivity index (χ3n) is 6.66. The lowest BCUT2D eigenvalue weighted by molar-refractivity contribution is -0.385. The summed E-state index contributed by atoms with van der Waals surface area (Å²) in [5, 5.41) is 14.3. The molecule has 1 saturated heterocycles. The van der Waals surface area contributed by atoms with Crippen molar-refractivity contribution in [3.63, 3.8) is 0 Å². The number of rotatable bonds is 6. The summed E-state index contributed by atoms with van der Waals surface area (Å²) >= 11 is 0.853. The quantitative estimate of drug-likeness (QED) is 0.137. The highest BCUT2D eigenvalue weighted by atomic mass is 32.2. The van der Waals surface area contributed by atoms with E-state index in [1.807, 2.05) is 42.6 Å². The molecule has 0 atom stereocenters. The first-order valence-corrected chi connectivity index (χ1v) is 12.8. The molecule has 0 aliphatic carbocycles. The Hall–Kier alpha value is -4.69. The maximum absolute atomic E-state index is 13.2.